The van der Waals surface area contributed by atoms with Gasteiger partial charge < -0.3 is 9.47 Å². The van der Waals surface area contributed by atoms with Crippen LogP contribution in [0.5, 0.6) is 11.6 Å². The van der Waals surface area contributed by atoms with Crippen molar-refractivity contribution in [2.45, 2.75) is 11.3 Å². The van der Waals surface area contributed by atoms with Gasteiger partial charge in [-0.1, -0.05) is 0 Å². The quantitative estimate of drug-likeness (QED) is 0.848. The number of aromatic amines is 1. The molecule has 1 aromatic rings. The van der Waals surface area contributed by atoms with Gasteiger partial charge in [0.25, 0.3) is 14.6 Å². The molecule has 6 nitrogen and oxygen atoms in total. The highest BCUT2D eigenvalue weighted by atomic mass is 35.7. The number of aromatic nitrogens is 1. The summed E-state index contributed by atoms with van der Waals surface area (Å²) >= 11 is 0. The predicted molar refractivity (Wildman–Crippen MR) is 53.3 cm³/mol. The molecule has 0 aliphatic carbocycles. The summed E-state index contributed by atoms with van der Waals surface area (Å²) in [5.74, 6) is -2.02. The maximum atomic E-state index is 12.1. The number of hydrogen-bond donors (Lipinski definition) is 1. The van der Waals surface area contributed by atoms with Gasteiger partial charge in [0.2, 0.25) is 5.88 Å². The van der Waals surface area contributed by atoms with E-state index in [2.05, 4.69) is 9.47 Å². The fourth-order valence-corrected chi connectivity index (χ4v) is 2.21. The van der Waals surface area contributed by atoms with E-state index in [4.69, 9.17) is 10.7 Å². The van der Waals surface area contributed by atoms with Crippen molar-refractivity contribution in [1.82, 2.24) is 4.98 Å². The minimum atomic E-state index is -5.19. The summed E-state index contributed by atoms with van der Waals surface area (Å²) in [5.41, 5.74) is -1.05. The number of halogens is 4. The van der Waals surface area contributed by atoms with Crippen molar-refractivity contribution < 1.29 is 31.1 Å². The van der Waals surface area contributed by atoms with Gasteiger partial charge in [0.1, 0.15) is 0 Å². The third-order valence-electron chi connectivity index (χ3n) is 1.60. The Morgan fingerprint density at radius 1 is 1.39 bits per heavy atom. The number of ether oxygens (including phenoxy) is 2. The number of nitrogens with one attached hydrogen (secondary N) is 1. The molecule has 0 saturated heterocycles. The summed E-state index contributed by atoms with van der Waals surface area (Å²) < 4.78 is 66.3. The van der Waals surface area contributed by atoms with Crippen molar-refractivity contribution in [3.05, 3.63) is 16.4 Å². The average Bonchev–Trinajstić information content (AvgIpc) is 2.11. The molecule has 0 spiro atoms. The van der Waals surface area contributed by atoms with Crippen LogP contribution in [0.25, 0.3) is 0 Å². The molecule has 0 aromatic carbocycles. The molecule has 0 atom stereocenters. The largest absolute Gasteiger partial charge is 0.573 e. The van der Waals surface area contributed by atoms with Crippen LogP contribution in [0.4, 0.5) is 13.2 Å². The van der Waals surface area contributed by atoms with Crippen molar-refractivity contribution >= 4 is 19.7 Å². The Bertz CT molecular complexity index is 608. The van der Waals surface area contributed by atoms with Gasteiger partial charge in [-0.25, -0.2) is 8.42 Å². The zero-order valence-electron chi connectivity index (χ0n) is 8.54. The van der Waals surface area contributed by atoms with Crippen LogP contribution in [0.2, 0.25) is 0 Å². The Hall–Kier alpha value is -1.42. The molecule has 0 bridgehead atoms. The molecule has 102 valence electrons. The van der Waals surface area contributed by atoms with Crippen LogP contribution in [0.1, 0.15) is 0 Å². The molecule has 0 aliphatic heterocycles. The van der Waals surface area contributed by atoms with Crippen LogP contribution in [0.15, 0.2) is 15.8 Å². The summed E-state index contributed by atoms with van der Waals surface area (Å²) in [6.45, 7) is 0. The fourth-order valence-electron chi connectivity index (χ4n) is 1.08. The van der Waals surface area contributed by atoms with E-state index >= 15 is 0 Å². The Morgan fingerprint density at radius 3 is 2.33 bits per heavy atom. The maximum absolute atomic E-state index is 12.1. The zero-order chi connectivity index (χ0) is 14.1. The van der Waals surface area contributed by atoms with E-state index in [0.29, 0.717) is 6.07 Å². The minimum absolute atomic E-state index is 0.297. The summed E-state index contributed by atoms with van der Waals surface area (Å²) in [6, 6.07) is 0.297. The molecule has 18 heavy (non-hydrogen) atoms. The summed E-state index contributed by atoms with van der Waals surface area (Å²) in [5, 5.41) is 0. The molecule has 0 radical (unpaired) electrons. The lowest BCUT2D eigenvalue weighted by Crippen LogP contribution is -2.21. The van der Waals surface area contributed by atoms with Gasteiger partial charge in [-0.15, -0.1) is 13.2 Å². The Kier molecular flexibility index (Phi) is 3.81. The number of H-pyrrole nitrogens is 1. The standard InChI is InChI=1S/C7H5ClF3NO5S/c1-16-6-5(18(8,14)15)3(2-4(13)12-6)17-7(9,10)11/h2H,1H3,(H,12,13). The van der Waals surface area contributed by atoms with Crippen LogP contribution in [-0.4, -0.2) is 26.9 Å². The normalized spacial score (nSPS) is 12.3. The maximum Gasteiger partial charge on any atom is 0.573 e. The molecular formula is C7H5ClF3NO5S. The highest BCUT2D eigenvalue weighted by Crippen LogP contribution is 2.35. The van der Waals surface area contributed by atoms with Crippen LogP contribution in [-0.2, 0) is 9.05 Å². The first-order chi connectivity index (χ1) is 8.04. The lowest BCUT2D eigenvalue weighted by Gasteiger charge is -2.13. The van der Waals surface area contributed by atoms with Crippen LogP contribution in [0.3, 0.4) is 0 Å². The van der Waals surface area contributed by atoms with E-state index in [1.807, 2.05) is 4.98 Å². The van der Waals surface area contributed by atoms with Gasteiger partial charge in [0.15, 0.2) is 10.6 Å². The van der Waals surface area contributed by atoms with E-state index in [-0.39, 0.29) is 0 Å². The minimum Gasteiger partial charge on any atom is -0.481 e. The molecule has 0 unspecified atom stereocenters. The topological polar surface area (TPSA) is 85.5 Å². The van der Waals surface area contributed by atoms with Crippen molar-refractivity contribution in [3.63, 3.8) is 0 Å². The lowest BCUT2D eigenvalue weighted by atomic mass is 10.4. The smallest absolute Gasteiger partial charge is 0.481 e. The summed E-state index contributed by atoms with van der Waals surface area (Å²) in [4.78, 5) is 11.8. The SMILES string of the molecule is COc1[nH]c(=O)cc(OC(F)(F)F)c1S(=O)(=O)Cl. The number of rotatable bonds is 3. The fraction of sp³-hybridized carbons (Fsp3) is 0.286. The number of pyridine rings is 1. The van der Waals surface area contributed by atoms with E-state index in [0.717, 1.165) is 7.11 Å². The molecule has 0 saturated carbocycles. The first-order valence-electron chi connectivity index (χ1n) is 4.06. The average molecular weight is 308 g/mol. The van der Waals surface area contributed by atoms with Gasteiger partial charge in [0, 0.05) is 16.7 Å². The number of methoxy groups -OCH3 is 1. The van der Waals surface area contributed by atoms with Crippen molar-refractivity contribution in [1.29, 1.82) is 0 Å². The highest BCUT2D eigenvalue weighted by molar-refractivity contribution is 8.13. The van der Waals surface area contributed by atoms with Crippen molar-refractivity contribution in [3.8, 4) is 11.6 Å². The second-order valence-electron chi connectivity index (χ2n) is 2.85. The Morgan fingerprint density at radius 2 is 1.94 bits per heavy atom. The Labute approximate surface area is 103 Å². The molecule has 1 aromatic heterocycles. The van der Waals surface area contributed by atoms with Gasteiger partial charge in [-0.3, -0.25) is 9.78 Å². The molecule has 11 heteroatoms. The van der Waals surface area contributed by atoms with Gasteiger partial charge >= 0.3 is 6.36 Å². The lowest BCUT2D eigenvalue weighted by molar-refractivity contribution is -0.275. The molecule has 0 aliphatic rings. The van der Waals surface area contributed by atoms with E-state index < -0.39 is 37.5 Å². The molecule has 1 N–H and O–H groups in total. The van der Waals surface area contributed by atoms with E-state index in [1.54, 1.807) is 0 Å². The summed E-state index contributed by atoms with van der Waals surface area (Å²) in [7, 11) is 1.28. The van der Waals surface area contributed by atoms with Gasteiger partial charge in [0.05, 0.1) is 7.11 Å². The molecule has 1 heterocycles. The van der Waals surface area contributed by atoms with Gasteiger partial charge in [-0.05, 0) is 0 Å². The van der Waals surface area contributed by atoms with Crippen molar-refractivity contribution in [2.24, 2.45) is 0 Å². The van der Waals surface area contributed by atoms with E-state index in [1.165, 1.54) is 0 Å². The third-order valence-corrected chi connectivity index (χ3v) is 2.94. The van der Waals surface area contributed by atoms with E-state index in [9.17, 15) is 26.4 Å². The Balaban J connectivity index is 3.58. The first kappa shape index (κ1) is 14.6. The molecular weight excluding hydrogens is 303 g/mol. The molecule has 0 amide bonds. The number of alkyl halides is 3. The number of hydrogen-bond acceptors (Lipinski definition) is 5. The van der Waals surface area contributed by atoms with Crippen LogP contribution in [0, 0.1) is 0 Å². The summed E-state index contributed by atoms with van der Waals surface area (Å²) in [6.07, 6.45) is -5.19. The van der Waals surface area contributed by atoms with Crippen LogP contribution < -0.4 is 15.0 Å². The van der Waals surface area contributed by atoms with Gasteiger partial charge in [-0.2, -0.15) is 0 Å². The zero-order valence-corrected chi connectivity index (χ0v) is 10.1. The predicted octanol–water partition coefficient (Wildman–Crippen LogP) is 1.21. The van der Waals surface area contributed by atoms with Crippen LogP contribution >= 0.6 is 10.7 Å². The second-order valence-corrected chi connectivity index (χ2v) is 5.35. The second kappa shape index (κ2) is 4.69. The highest BCUT2D eigenvalue weighted by Gasteiger charge is 2.35. The van der Waals surface area contributed by atoms with Crippen molar-refractivity contribution in [2.75, 3.05) is 7.11 Å². The third kappa shape index (κ3) is 3.53. The monoisotopic (exact) mass is 307 g/mol. The molecule has 0 fully saturated rings. The molecule has 1 rings (SSSR count). The first-order valence-corrected chi connectivity index (χ1v) is 6.37.